The van der Waals surface area contributed by atoms with E-state index in [2.05, 4.69) is 144 Å². The minimum atomic E-state index is -2.73. The second kappa shape index (κ2) is 26.0. The fourth-order valence-corrected chi connectivity index (χ4v) is 65.6. The monoisotopic (exact) mass is 1050 g/mol. The van der Waals surface area contributed by atoms with Crippen molar-refractivity contribution in [1.29, 1.82) is 0 Å². The normalized spacial score (nSPS) is 15.0. The van der Waals surface area contributed by atoms with Crippen molar-refractivity contribution < 1.29 is 41.2 Å². The molecule has 61 heavy (non-hydrogen) atoms. The van der Waals surface area contributed by atoms with Crippen LogP contribution in [0.2, 0.25) is 156 Å². The van der Waals surface area contributed by atoms with Crippen LogP contribution >= 0.6 is 0 Å². The predicted octanol–water partition coefficient (Wildman–Crippen LogP) is 12.5. The molecule has 23 heteroatoms. The van der Waals surface area contributed by atoms with Crippen molar-refractivity contribution in [2.24, 2.45) is 11.5 Å². The van der Waals surface area contributed by atoms with Crippen LogP contribution in [0.15, 0.2) is 0 Å². The van der Waals surface area contributed by atoms with Crippen LogP contribution in [0.1, 0.15) is 77.0 Å². The van der Waals surface area contributed by atoms with Gasteiger partial charge in [-0.3, -0.25) is 0 Å². The van der Waals surface area contributed by atoms with Gasteiger partial charge in [0.2, 0.25) is 0 Å². The zero-order valence-electron chi connectivity index (χ0n) is 44.1. The number of hydrogen-bond donors (Lipinski definition) is 2. The van der Waals surface area contributed by atoms with Crippen molar-refractivity contribution in [2.75, 3.05) is 13.1 Å². The van der Waals surface area contributed by atoms with Crippen molar-refractivity contribution in [3.63, 3.8) is 0 Å². The van der Waals surface area contributed by atoms with Crippen molar-refractivity contribution in [2.45, 2.75) is 233 Å². The Hall–Kier alpha value is 1.91. The Morgan fingerprint density at radius 3 is 0.541 bits per heavy atom. The highest BCUT2D eigenvalue weighted by Crippen LogP contribution is 2.32. The Morgan fingerprint density at radius 1 is 0.213 bits per heavy atom. The molecule has 0 aromatic rings. The van der Waals surface area contributed by atoms with Crippen LogP contribution in [0, 0.1) is 0 Å². The Kier molecular flexibility index (Phi) is 26.9. The summed E-state index contributed by atoms with van der Waals surface area (Å²) in [4.78, 5) is 0. The lowest BCUT2D eigenvalue weighted by Crippen LogP contribution is -2.62. The fraction of sp³-hybridized carbons (Fsp3) is 1.00. The van der Waals surface area contributed by atoms with E-state index >= 15 is 0 Å². The Bertz CT molecular complexity index is 1160. The van der Waals surface area contributed by atoms with Gasteiger partial charge < -0.3 is 52.6 Å². The van der Waals surface area contributed by atoms with Crippen LogP contribution in [0.25, 0.3) is 0 Å². The zero-order valence-corrected chi connectivity index (χ0v) is 55.1. The Labute approximate surface area is 390 Å². The third kappa shape index (κ3) is 33.1. The van der Waals surface area contributed by atoms with Gasteiger partial charge >= 0.3 is 77.0 Å². The predicted molar refractivity (Wildman–Crippen MR) is 286 cm³/mol. The third-order valence-corrected chi connectivity index (χ3v) is 52.4. The summed E-state index contributed by atoms with van der Waals surface area (Å²) in [5, 5.41) is 0. The lowest BCUT2D eigenvalue weighted by Gasteiger charge is -2.45. The van der Waals surface area contributed by atoms with Gasteiger partial charge in [-0.2, -0.15) is 0 Å². The summed E-state index contributed by atoms with van der Waals surface area (Å²) in [5.41, 5.74) is 11.3. The number of rotatable bonds is 36. The molecule has 0 aliphatic carbocycles. The largest absolute Gasteiger partial charge is 0.436 e. The molecule has 0 bridgehead atoms. The maximum absolute atomic E-state index is 6.89. The lowest BCUT2D eigenvalue weighted by molar-refractivity contribution is 0.255. The molecule has 0 unspecified atom stereocenters. The number of unbranched alkanes of at least 4 members (excludes halogenated alkanes) is 10. The second-order valence-corrected chi connectivity index (χ2v) is 63.9. The van der Waals surface area contributed by atoms with Crippen molar-refractivity contribution in [1.82, 2.24) is 0 Å². The Balaban J connectivity index is 5.35. The van der Waals surface area contributed by atoms with Crippen LogP contribution in [0.3, 0.4) is 0 Å². The van der Waals surface area contributed by atoms with Gasteiger partial charge in [0.1, 0.15) is 0 Å². The summed E-state index contributed by atoms with van der Waals surface area (Å²) >= 11 is 0. The quantitative estimate of drug-likeness (QED) is 0.0455. The van der Waals surface area contributed by atoms with Crippen molar-refractivity contribution >= 4 is 93.7 Å². The van der Waals surface area contributed by atoms with E-state index in [-0.39, 0.29) is 0 Å². The third-order valence-electron chi connectivity index (χ3n) is 9.44. The highest BCUT2D eigenvalue weighted by molar-refractivity contribution is 6.93. The molecule has 0 radical (unpaired) electrons. The summed E-state index contributed by atoms with van der Waals surface area (Å²) in [5.74, 6) is 0. The van der Waals surface area contributed by atoms with Gasteiger partial charge in [0, 0.05) is 0 Å². The van der Waals surface area contributed by atoms with E-state index in [0.717, 1.165) is 38.0 Å². The van der Waals surface area contributed by atoms with E-state index in [0.29, 0.717) is 0 Å². The van der Waals surface area contributed by atoms with Crippen LogP contribution < -0.4 is 11.5 Å². The van der Waals surface area contributed by atoms with Gasteiger partial charge in [-0.1, -0.05) is 64.2 Å². The molecule has 0 aromatic carbocycles. The van der Waals surface area contributed by atoms with Gasteiger partial charge in [-0.05, 0) is 182 Å². The molecule has 0 saturated carbocycles. The average molecular weight is 1060 g/mol. The molecular weight excluding hydrogens is 953 g/mol. The van der Waals surface area contributed by atoms with Gasteiger partial charge in [0.15, 0.2) is 16.6 Å². The van der Waals surface area contributed by atoms with Crippen molar-refractivity contribution in [3.8, 4) is 0 Å². The van der Waals surface area contributed by atoms with Gasteiger partial charge in [-0.25, -0.2) is 0 Å². The first-order valence-electron chi connectivity index (χ1n) is 23.6. The minimum Gasteiger partial charge on any atom is -0.436 e. The standard InChI is InChI=1S/C38H102N2O10Si11/c1-51(2,37-33-29-25-23-27-31-35-39)41-53(5,6)43-55(9,10)45-57(13,14)47-59(17,18)49-61(21,22)50-60(19,20)48-58(15,16)46-56(11,12)44-54(7,8)42-52(3,4)38-34-30-26-24-28-32-36-40/h23-40H2,1-22H3. The van der Waals surface area contributed by atoms with Gasteiger partial charge in [0.25, 0.3) is 0 Å². The molecule has 0 spiro atoms. The molecule has 0 amide bonds. The molecule has 0 saturated heterocycles. The molecule has 0 aliphatic heterocycles. The number of hydrogen-bond acceptors (Lipinski definition) is 12. The van der Waals surface area contributed by atoms with Crippen LogP contribution in [0.5, 0.6) is 0 Å². The summed E-state index contributed by atoms with van der Waals surface area (Å²) < 4.78 is 68.7. The van der Waals surface area contributed by atoms with E-state index in [1.165, 1.54) is 64.2 Å². The van der Waals surface area contributed by atoms with Crippen LogP contribution in [-0.2, 0) is 41.2 Å². The molecule has 0 rings (SSSR count). The van der Waals surface area contributed by atoms with E-state index < -0.39 is 93.7 Å². The maximum atomic E-state index is 6.89. The van der Waals surface area contributed by atoms with E-state index in [4.69, 9.17) is 52.6 Å². The minimum absolute atomic E-state index is 0.795. The molecule has 0 heterocycles. The summed E-state index contributed by atoms with van der Waals surface area (Å²) in [7, 11) is -27.5. The lowest BCUT2D eigenvalue weighted by atomic mass is 10.1. The maximum Gasteiger partial charge on any atom is 0.314 e. The van der Waals surface area contributed by atoms with E-state index in [1.807, 2.05) is 0 Å². The number of nitrogens with two attached hydrogens (primary N) is 2. The Morgan fingerprint density at radius 2 is 0.361 bits per heavy atom. The molecule has 0 aromatic heterocycles. The van der Waals surface area contributed by atoms with Gasteiger partial charge in [0.05, 0.1) is 0 Å². The van der Waals surface area contributed by atoms with E-state index in [9.17, 15) is 0 Å². The average Bonchev–Trinajstić information content (AvgIpc) is 2.93. The molecule has 0 fully saturated rings. The highest BCUT2D eigenvalue weighted by atomic mass is 28.5. The van der Waals surface area contributed by atoms with Gasteiger partial charge in [-0.15, -0.1) is 0 Å². The molecule has 368 valence electrons. The smallest absolute Gasteiger partial charge is 0.314 e. The molecule has 0 aliphatic rings. The second-order valence-electron chi connectivity index (χ2n) is 22.5. The SMILES string of the molecule is C[Si](C)(CCCCCCCCN)O[Si](C)(C)O[Si](C)(C)O[Si](C)(C)O[Si](C)(C)O[Si](C)(C)O[Si](C)(C)O[Si](C)(C)O[Si](C)(C)O[Si](C)(C)O[Si](C)(C)CCCCCCCCN. The highest BCUT2D eigenvalue weighted by Gasteiger charge is 2.51. The van der Waals surface area contributed by atoms with Crippen molar-refractivity contribution in [3.05, 3.63) is 0 Å². The first kappa shape index (κ1) is 62.9. The molecule has 12 nitrogen and oxygen atoms in total. The summed E-state index contributed by atoms with van der Waals surface area (Å²) in [6.07, 6.45) is 14.7. The first-order valence-corrected chi connectivity index (χ1v) is 55.2. The van der Waals surface area contributed by atoms with Crippen LogP contribution in [-0.4, -0.2) is 107 Å². The summed E-state index contributed by atoms with van der Waals surface area (Å²) in [6, 6.07) is 2.29. The zero-order chi connectivity index (χ0) is 47.9. The fourth-order valence-electron chi connectivity index (χ4n) is 9.16. The van der Waals surface area contributed by atoms with E-state index in [1.54, 1.807) is 0 Å². The molecular formula is C38H102N2O10Si11. The van der Waals surface area contributed by atoms with Crippen LogP contribution in [0.4, 0.5) is 0 Å². The first-order chi connectivity index (χ1) is 27.2. The summed E-state index contributed by atoms with van der Waals surface area (Å²) in [6.45, 7) is 49.1. The molecule has 0 atom stereocenters. The topological polar surface area (TPSA) is 144 Å². The molecule has 4 N–H and O–H groups in total.